The lowest BCUT2D eigenvalue weighted by molar-refractivity contribution is 0.0486. The maximum absolute atomic E-state index is 12.1. The van der Waals surface area contributed by atoms with Crippen LogP contribution in [0.25, 0.3) is 0 Å². The number of aromatic nitrogens is 1. The smallest absolute Gasteiger partial charge is 0.407 e. The third-order valence-corrected chi connectivity index (χ3v) is 4.25. The Bertz CT molecular complexity index is 617. The Hall–Kier alpha value is -1.58. The van der Waals surface area contributed by atoms with Crippen LogP contribution < -0.4 is 10.6 Å². The van der Waals surface area contributed by atoms with Gasteiger partial charge in [0.15, 0.2) is 5.96 Å². The summed E-state index contributed by atoms with van der Waals surface area (Å²) in [5.41, 5.74) is 0.552. The molecule has 0 spiro atoms. The number of carbonyl (C=O) groups excluding carboxylic acids is 1. The molecule has 0 aliphatic heterocycles. The van der Waals surface area contributed by atoms with Gasteiger partial charge in [-0.05, 0) is 45.2 Å². The molecule has 7 nitrogen and oxygen atoms in total. The van der Waals surface area contributed by atoms with Crippen molar-refractivity contribution < 1.29 is 9.53 Å². The largest absolute Gasteiger partial charge is 0.444 e. The fourth-order valence-electron chi connectivity index (χ4n) is 2.70. The van der Waals surface area contributed by atoms with Crippen LogP contribution in [0.5, 0.6) is 0 Å². The molecule has 0 saturated carbocycles. The van der Waals surface area contributed by atoms with Gasteiger partial charge in [0.1, 0.15) is 5.60 Å². The monoisotopic (exact) mass is 519 g/mol. The first kappa shape index (κ1) is 27.4. The maximum atomic E-state index is 12.1. The van der Waals surface area contributed by atoms with E-state index in [1.54, 1.807) is 13.2 Å². The molecule has 1 aromatic heterocycles. The average molecular weight is 519 g/mol. The van der Waals surface area contributed by atoms with Crippen molar-refractivity contribution >= 4 is 36.0 Å². The second-order valence-corrected chi connectivity index (χ2v) is 8.25. The molecule has 1 aromatic rings. The zero-order valence-electron chi connectivity index (χ0n) is 18.9. The molecule has 0 aliphatic carbocycles. The van der Waals surface area contributed by atoms with Crippen molar-refractivity contribution in [2.45, 2.75) is 59.1 Å². The topological polar surface area (TPSA) is 78.9 Å². The molecule has 0 saturated heterocycles. The maximum Gasteiger partial charge on any atom is 0.407 e. The third-order valence-electron chi connectivity index (χ3n) is 4.25. The van der Waals surface area contributed by atoms with Crippen LogP contribution in [0.15, 0.2) is 29.4 Å². The molecule has 2 N–H and O–H groups in total. The third kappa shape index (κ3) is 11.9. The predicted octanol–water partition coefficient (Wildman–Crippen LogP) is 3.69. The Balaban J connectivity index is 0.00000784. The molecule has 0 aromatic carbocycles. The van der Waals surface area contributed by atoms with E-state index >= 15 is 0 Å². The van der Waals surface area contributed by atoms with Gasteiger partial charge in [-0.2, -0.15) is 0 Å². The van der Waals surface area contributed by atoms with Gasteiger partial charge in [-0.15, -0.1) is 24.0 Å². The van der Waals surface area contributed by atoms with Crippen LogP contribution in [-0.2, 0) is 11.2 Å². The normalized spacial score (nSPS) is 12.8. The van der Waals surface area contributed by atoms with Gasteiger partial charge in [0.25, 0.3) is 0 Å². The number of ether oxygens (including phenoxy) is 1. The first-order valence-corrected chi connectivity index (χ1v) is 9.93. The van der Waals surface area contributed by atoms with Crippen molar-refractivity contribution in [2.24, 2.45) is 10.9 Å². The second kappa shape index (κ2) is 13.6. The van der Waals surface area contributed by atoms with Gasteiger partial charge in [-0.3, -0.25) is 9.98 Å². The number of halogens is 1. The SMILES string of the molecule is CN=C(NCCc1ccccn1)N(C)CCC(NC(=O)OC(C)(C)C)C(C)C.I. The summed E-state index contributed by atoms with van der Waals surface area (Å²) < 4.78 is 5.38. The fraction of sp³-hybridized carbons (Fsp3) is 0.667. The Labute approximate surface area is 193 Å². The molecule has 8 heteroatoms. The number of hydrogen-bond donors (Lipinski definition) is 2. The van der Waals surface area contributed by atoms with E-state index in [4.69, 9.17) is 4.74 Å². The van der Waals surface area contributed by atoms with Crippen LogP contribution >= 0.6 is 24.0 Å². The standard InChI is InChI=1S/C21H37N5O2.HI/c1-16(2)18(25-20(27)28-21(3,4)5)12-15-26(7)19(22-6)24-14-11-17-10-8-9-13-23-17;/h8-10,13,16,18H,11-12,14-15H2,1-7H3,(H,22,24)(H,25,27);1H. The molecule has 1 rings (SSSR count). The predicted molar refractivity (Wildman–Crippen MR) is 130 cm³/mol. The number of nitrogens with zero attached hydrogens (tertiary/aromatic N) is 3. The van der Waals surface area contributed by atoms with E-state index in [9.17, 15) is 4.79 Å². The first-order valence-electron chi connectivity index (χ1n) is 9.93. The van der Waals surface area contributed by atoms with Crippen molar-refractivity contribution in [3.05, 3.63) is 30.1 Å². The van der Waals surface area contributed by atoms with Gasteiger partial charge in [0.05, 0.1) is 0 Å². The number of amides is 1. The summed E-state index contributed by atoms with van der Waals surface area (Å²) in [4.78, 5) is 22.9. The zero-order valence-corrected chi connectivity index (χ0v) is 21.2. The number of hydrogen-bond acceptors (Lipinski definition) is 4. The minimum atomic E-state index is -0.498. The Kier molecular flexibility index (Phi) is 12.9. The summed E-state index contributed by atoms with van der Waals surface area (Å²) in [6.07, 6.45) is 3.07. The lowest BCUT2D eigenvalue weighted by Gasteiger charge is -2.28. The second-order valence-electron chi connectivity index (χ2n) is 8.25. The van der Waals surface area contributed by atoms with E-state index in [0.29, 0.717) is 5.92 Å². The summed E-state index contributed by atoms with van der Waals surface area (Å²) in [6, 6.07) is 5.96. The van der Waals surface area contributed by atoms with Crippen LogP contribution in [-0.4, -0.2) is 60.8 Å². The van der Waals surface area contributed by atoms with Crippen LogP contribution in [0.2, 0.25) is 0 Å². The van der Waals surface area contributed by atoms with Gasteiger partial charge in [0, 0.05) is 51.5 Å². The number of guanidine groups is 1. The highest BCUT2D eigenvalue weighted by atomic mass is 127. The first-order chi connectivity index (χ1) is 13.1. The van der Waals surface area contributed by atoms with E-state index in [-0.39, 0.29) is 36.1 Å². The molecule has 29 heavy (non-hydrogen) atoms. The molecule has 1 amide bonds. The molecule has 0 radical (unpaired) electrons. The molecule has 1 heterocycles. The highest BCUT2D eigenvalue weighted by Crippen LogP contribution is 2.11. The number of aliphatic imine (C=N–C) groups is 1. The molecule has 0 fully saturated rings. The van der Waals surface area contributed by atoms with E-state index in [0.717, 1.165) is 37.6 Å². The van der Waals surface area contributed by atoms with Crippen molar-refractivity contribution in [3.63, 3.8) is 0 Å². The minimum absolute atomic E-state index is 0. The van der Waals surface area contributed by atoms with E-state index < -0.39 is 5.60 Å². The lowest BCUT2D eigenvalue weighted by atomic mass is 10.0. The van der Waals surface area contributed by atoms with Crippen LogP contribution in [0.1, 0.15) is 46.7 Å². The Morgan fingerprint density at radius 1 is 1.31 bits per heavy atom. The summed E-state index contributed by atoms with van der Waals surface area (Å²) in [6.45, 7) is 11.3. The van der Waals surface area contributed by atoms with Crippen molar-refractivity contribution in [2.75, 3.05) is 27.2 Å². The average Bonchev–Trinajstić information content (AvgIpc) is 2.61. The number of alkyl carbamates (subject to hydrolysis) is 1. The van der Waals surface area contributed by atoms with Gasteiger partial charge in [0.2, 0.25) is 0 Å². The Morgan fingerprint density at radius 3 is 2.52 bits per heavy atom. The van der Waals surface area contributed by atoms with E-state index in [1.165, 1.54) is 0 Å². The summed E-state index contributed by atoms with van der Waals surface area (Å²) in [5.74, 6) is 1.13. The van der Waals surface area contributed by atoms with Gasteiger partial charge in [-0.25, -0.2) is 4.79 Å². The lowest BCUT2D eigenvalue weighted by Crippen LogP contribution is -2.45. The number of pyridine rings is 1. The molecular weight excluding hydrogens is 481 g/mol. The van der Waals surface area contributed by atoms with Gasteiger partial charge < -0.3 is 20.3 Å². The van der Waals surface area contributed by atoms with E-state index in [1.807, 2.05) is 46.0 Å². The number of nitrogens with one attached hydrogen (secondary N) is 2. The molecule has 0 bridgehead atoms. The van der Waals surface area contributed by atoms with Crippen molar-refractivity contribution in [1.29, 1.82) is 0 Å². The summed E-state index contributed by atoms with van der Waals surface area (Å²) in [7, 11) is 3.78. The summed E-state index contributed by atoms with van der Waals surface area (Å²) in [5, 5.41) is 6.36. The van der Waals surface area contributed by atoms with Crippen molar-refractivity contribution in [3.8, 4) is 0 Å². The number of carbonyl (C=O) groups is 1. The fourth-order valence-corrected chi connectivity index (χ4v) is 2.70. The van der Waals surface area contributed by atoms with Crippen LogP contribution in [0.3, 0.4) is 0 Å². The molecule has 166 valence electrons. The quantitative estimate of drug-likeness (QED) is 0.311. The van der Waals surface area contributed by atoms with Gasteiger partial charge >= 0.3 is 6.09 Å². The zero-order chi connectivity index (χ0) is 21.2. The van der Waals surface area contributed by atoms with E-state index in [2.05, 4.69) is 39.4 Å². The Morgan fingerprint density at radius 2 is 2.00 bits per heavy atom. The molecule has 0 aliphatic rings. The van der Waals surface area contributed by atoms with Crippen molar-refractivity contribution in [1.82, 2.24) is 20.5 Å². The highest BCUT2D eigenvalue weighted by Gasteiger charge is 2.22. The highest BCUT2D eigenvalue weighted by molar-refractivity contribution is 14.0. The molecular formula is C21H38IN5O2. The number of rotatable bonds is 8. The van der Waals surface area contributed by atoms with Crippen LogP contribution in [0, 0.1) is 5.92 Å². The van der Waals surface area contributed by atoms with Gasteiger partial charge in [-0.1, -0.05) is 19.9 Å². The van der Waals surface area contributed by atoms with Crippen LogP contribution in [0.4, 0.5) is 4.79 Å². The summed E-state index contributed by atoms with van der Waals surface area (Å²) >= 11 is 0. The molecule has 1 atom stereocenters. The minimum Gasteiger partial charge on any atom is -0.444 e. The molecule has 1 unspecified atom stereocenters.